The van der Waals surface area contributed by atoms with Gasteiger partial charge in [0, 0.05) is 6.04 Å². The zero-order valence-electron chi connectivity index (χ0n) is 12.9. The van der Waals surface area contributed by atoms with Gasteiger partial charge in [0.25, 0.3) is 0 Å². The maximum Gasteiger partial charge on any atom is 0.122 e. The van der Waals surface area contributed by atoms with Crippen LogP contribution in [0, 0.1) is 19.3 Å². The summed E-state index contributed by atoms with van der Waals surface area (Å²) in [5.41, 5.74) is 2.87. The van der Waals surface area contributed by atoms with Crippen molar-refractivity contribution in [3.05, 3.63) is 29.3 Å². The van der Waals surface area contributed by atoms with E-state index in [1.807, 2.05) is 0 Å². The fourth-order valence-corrected chi connectivity index (χ4v) is 3.30. The maximum atomic E-state index is 6.34. The summed E-state index contributed by atoms with van der Waals surface area (Å²) < 4.78 is 6.34. The standard InChI is InChI=1S/C17H27NO/c1-12-8-6-9-14(13(12)2)19-15-10-7-11-17(3,4)16(15)18-5/h6,8-9,15-16,18H,7,10-11H2,1-5H3. The number of aryl methyl sites for hydroxylation is 1. The van der Waals surface area contributed by atoms with Crippen LogP contribution in [0.5, 0.6) is 5.75 Å². The van der Waals surface area contributed by atoms with Gasteiger partial charge in [0.05, 0.1) is 0 Å². The average molecular weight is 261 g/mol. The van der Waals surface area contributed by atoms with E-state index in [1.54, 1.807) is 0 Å². The van der Waals surface area contributed by atoms with E-state index in [1.165, 1.54) is 24.0 Å². The van der Waals surface area contributed by atoms with E-state index < -0.39 is 0 Å². The molecule has 0 aliphatic heterocycles. The molecule has 1 aromatic rings. The average Bonchev–Trinajstić information content (AvgIpc) is 2.34. The molecule has 2 nitrogen and oxygen atoms in total. The van der Waals surface area contributed by atoms with Crippen LogP contribution in [0.3, 0.4) is 0 Å². The second kappa shape index (κ2) is 5.54. The lowest BCUT2D eigenvalue weighted by Gasteiger charge is -2.43. The van der Waals surface area contributed by atoms with Crippen molar-refractivity contribution in [3.63, 3.8) is 0 Å². The van der Waals surface area contributed by atoms with Crippen LogP contribution >= 0.6 is 0 Å². The number of hydrogen-bond acceptors (Lipinski definition) is 2. The van der Waals surface area contributed by atoms with Gasteiger partial charge in [-0.3, -0.25) is 0 Å². The first-order valence-corrected chi connectivity index (χ1v) is 7.36. The second-order valence-electron chi connectivity index (χ2n) is 6.50. The van der Waals surface area contributed by atoms with Crippen molar-refractivity contribution in [2.24, 2.45) is 5.41 Å². The van der Waals surface area contributed by atoms with Crippen LogP contribution in [-0.2, 0) is 0 Å². The highest BCUT2D eigenvalue weighted by Gasteiger charge is 2.39. The highest BCUT2D eigenvalue weighted by molar-refractivity contribution is 5.38. The van der Waals surface area contributed by atoms with Crippen molar-refractivity contribution in [2.45, 2.75) is 59.1 Å². The third-order valence-electron chi connectivity index (χ3n) is 4.67. The van der Waals surface area contributed by atoms with Gasteiger partial charge in [0.2, 0.25) is 0 Å². The molecule has 2 unspecified atom stereocenters. The van der Waals surface area contributed by atoms with Crippen molar-refractivity contribution in [1.82, 2.24) is 5.32 Å². The summed E-state index contributed by atoms with van der Waals surface area (Å²) in [4.78, 5) is 0. The van der Waals surface area contributed by atoms with Gasteiger partial charge in [-0.2, -0.15) is 0 Å². The minimum atomic E-state index is 0.272. The summed E-state index contributed by atoms with van der Waals surface area (Å²) in [5.74, 6) is 1.04. The molecule has 1 aliphatic carbocycles. The van der Waals surface area contributed by atoms with E-state index >= 15 is 0 Å². The summed E-state index contributed by atoms with van der Waals surface area (Å²) in [6.07, 6.45) is 3.93. The Bertz CT molecular complexity index is 439. The predicted octanol–water partition coefficient (Wildman–Crippen LogP) is 3.85. The van der Waals surface area contributed by atoms with Crippen molar-refractivity contribution in [3.8, 4) is 5.75 Å². The zero-order valence-corrected chi connectivity index (χ0v) is 12.9. The van der Waals surface area contributed by atoms with Gasteiger partial charge in [-0.25, -0.2) is 0 Å². The van der Waals surface area contributed by atoms with Gasteiger partial charge in [-0.15, -0.1) is 0 Å². The van der Waals surface area contributed by atoms with Gasteiger partial charge >= 0.3 is 0 Å². The lowest BCUT2D eigenvalue weighted by Crippen LogP contribution is -2.53. The molecule has 0 radical (unpaired) electrons. The van der Waals surface area contributed by atoms with Gasteiger partial charge in [-0.05, 0) is 62.8 Å². The van der Waals surface area contributed by atoms with Gasteiger partial charge in [0.15, 0.2) is 0 Å². The Hall–Kier alpha value is -1.02. The number of benzene rings is 1. The number of ether oxygens (including phenoxy) is 1. The topological polar surface area (TPSA) is 21.3 Å². The van der Waals surface area contributed by atoms with Crippen LogP contribution in [0.2, 0.25) is 0 Å². The van der Waals surface area contributed by atoms with E-state index in [0.29, 0.717) is 11.5 Å². The van der Waals surface area contributed by atoms with Gasteiger partial charge < -0.3 is 10.1 Å². The number of rotatable bonds is 3. The lowest BCUT2D eigenvalue weighted by atomic mass is 9.72. The van der Waals surface area contributed by atoms with Gasteiger partial charge in [-0.1, -0.05) is 26.0 Å². The van der Waals surface area contributed by atoms with E-state index in [2.05, 4.69) is 58.3 Å². The van der Waals surface area contributed by atoms with E-state index in [4.69, 9.17) is 4.74 Å². The number of likely N-dealkylation sites (N-methyl/N-ethyl adjacent to an activating group) is 1. The molecule has 0 bridgehead atoms. The Morgan fingerprint density at radius 2 is 2.00 bits per heavy atom. The molecule has 0 aromatic heterocycles. The summed E-state index contributed by atoms with van der Waals surface area (Å²) in [7, 11) is 2.05. The normalized spacial score (nSPS) is 26.2. The fourth-order valence-electron chi connectivity index (χ4n) is 3.30. The molecule has 0 amide bonds. The van der Waals surface area contributed by atoms with Crippen LogP contribution in [0.1, 0.15) is 44.2 Å². The highest BCUT2D eigenvalue weighted by Crippen LogP contribution is 2.37. The molecule has 1 aliphatic rings. The summed E-state index contributed by atoms with van der Waals surface area (Å²) in [5, 5.41) is 3.47. The first-order chi connectivity index (χ1) is 8.95. The Kier molecular flexibility index (Phi) is 4.19. The quantitative estimate of drug-likeness (QED) is 0.892. The molecule has 19 heavy (non-hydrogen) atoms. The number of hydrogen-bond donors (Lipinski definition) is 1. The molecule has 106 valence electrons. The molecule has 2 atom stereocenters. The third-order valence-corrected chi connectivity index (χ3v) is 4.67. The van der Waals surface area contributed by atoms with E-state index in [9.17, 15) is 0 Å². The smallest absolute Gasteiger partial charge is 0.122 e. The minimum absolute atomic E-state index is 0.272. The lowest BCUT2D eigenvalue weighted by molar-refractivity contribution is 0.0399. The van der Waals surface area contributed by atoms with Crippen molar-refractivity contribution in [2.75, 3.05) is 7.05 Å². The Labute approximate surface area is 117 Å². The molecule has 0 spiro atoms. The fraction of sp³-hybridized carbons (Fsp3) is 0.647. The van der Waals surface area contributed by atoms with Crippen LogP contribution < -0.4 is 10.1 Å². The molecule has 1 fully saturated rings. The summed E-state index contributed by atoms with van der Waals surface area (Å²) in [6, 6.07) is 6.74. The predicted molar refractivity (Wildman–Crippen MR) is 80.8 cm³/mol. The largest absolute Gasteiger partial charge is 0.489 e. The molecular formula is C17H27NO. The molecule has 1 N–H and O–H groups in total. The highest BCUT2D eigenvalue weighted by atomic mass is 16.5. The molecule has 0 heterocycles. The second-order valence-corrected chi connectivity index (χ2v) is 6.50. The van der Waals surface area contributed by atoms with Crippen LogP contribution in [0.4, 0.5) is 0 Å². The monoisotopic (exact) mass is 261 g/mol. The van der Waals surface area contributed by atoms with Crippen LogP contribution in [0.15, 0.2) is 18.2 Å². The zero-order chi connectivity index (χ0) is 14.0. The van der Waals surface area contributed by atoms with Crippen molar-refractivity contribution < 1.29 is 4.74 Å². The number of nitrogens with one attached hydrogen (secondary N) is 1. The summed E-state index contributed by atoms with van der Waals surface area (Å²) >= 11 is 0. The first kappa shape index (κ1) is 14.4. The molecule has 0 saturated heterocycles. The molecular weight excluding hydrogens is 234 g/mol. The SMILES string of the molecule is CNC1C(Oc2cccc(C)c2C)CCCC1(C)C. The molecule has 1 aromatic carbocycles. The van der Waals surface area contributed by atoms with Crippen molar-refractivity contribution in [1.29, 1.82) is 0 Å². The minimum Gasteiger partial charge on any atom is -0.489 e. The van der Waals surface area contributed by atoms with Crippen LogP contribution in [0.25, 0.3) is 0 Å². The molecule has 2 heteroatoms. The third kappa shape index (κ3) is 2.94. The Morgan fingerprint density at radius 3 is 2.68 bits per heavy atom. The molecule has 2 rings (SSSR count). The van der Waals surface area contributed by atoms with Gasteiger partial charge in [0.1, 0.15) is 11.9 Å². The summed E-state index contributed by atoms with van der Waals surface area (Å²) in [6.45, 7) is 8.97. The Morgan fingerprint density at radius 1 is 1.26 bits per heavy atom. The molecule has 1 saturated carbocycles. The van der Waals surface area contributed by atoms with E-state index in [-0.39, 0.29) is 6.10 Å². The van der Waals surface area contributed by atoms with Crippen LogP contribution in [-0.4, -0.2) is 19.2 Å². The van der Waals surface area contributed by atoms with Crippen molar-refractivity contribution >= 4 is 0 Å². The maximum absolute atomic E-state index is 6.34. The van der Waals surface area contributed by atoms with E-state index in [0.717, 1.165) is 12.2 Å². The Balaban J connectivity index is 2.19. The first-order valence-electron chi connectivity index (χ1n) is 7.36.